The van der Waals surface area contributed by atoms with Crippen molar-refractivity contribution in [1.82, 2.24) is 19.7 Å². The third-order valence-corrected chi connectivity index (χ3v) is 5.39. The Kier molecular flexibility index (Phi) is 4.72. The van der Waals surface area contributed by atoms with Crippen molar-refractivity contribution >= 4 is 0 Å². The summed E-state index contributed by atoms with van der Waals surface area (Å²) < 4.78 is 14.1. The minimum atomic E-state index is 0.0640. The number of aromatic nitrogens is 3. The molecule has 4 rings (SSSR count). The van der Waals surface area contributed by atoms with E-state index in [4.69, 9.17) is 9.47 Å². The van der Waals surface area contributed by atoms with E-state index < -0.39 is 0 Å². The Balaban J connectivity index is 1.46. The highest BCUT2D eigenvalue weighted by Crippen LogP contribution is 2.41. The summed E-state index contributed by atoms with van der Waals surface area (Å²) in [4.78, 5) is 6.67. The van der Waals surface area contributed by atoms with E-state index in [1.165, 1.54) is 5.56 Å². The zero-order chi connectivity index (χ0) is 17.1. The molecular formula is C19H26N4O2. The first-order valence-electron chi connectivity index (χ1n) is 9.08. The summed E-state index contributed by atoms with van der Waals surface area (Å²) in [6, 6.07) is 3.88. The molecule has 0 spiro atoms. The van der Waals surface area contributed by atoms with Crippen LogP contribution < -0.4 is 4.74 Å². The summed E-state index contributed by atoms with van der Waals surface area (Å²) in [5.74, 6) is 0.839. The third kappa shape index (κ3) is 3.70. The zero-order valence-corrected chi connectivity index (χ0v) is 14.8. The number of ether oxygens (including phenoxy) is 2. The number of aryl methyl sites for hydroxylation is 1. The quantitative estimate of drug-likeness (QED) is 0.834. The van der Waals surface area contributed by atoms with Crippen LogP contribution in [0.5, 0.6) is 5.75 Å². The first kappa shape index (κ1) is 16.5. The van der Waals surface area contributed by atoms with Crippen molar-refractivity contribution < 1.29 is 9.47 Å². The predicted molar refractivity (Wildman–Crippen MR) is 94.2 cm³/mol. The maximum atomic E-state index is 6.14. The number of rotatable bonds is 5. The molecule has 2 aliphatic heterocycles. The predicted octanol–water partition coefficient (Wildman–Crippen LogP) is 2.27. The first-order valence-corrected chi connectivity index (χ1v) is 9.08. The van der Waals surface area contributed by atoms with Crippen LogP contribution in [0.15, 0.2) is 36.9 Å². The molecule has 2 aromatic rings. The van der Waals surface area contributed by atoms with Crippen molar-refractivity contribution in [1.29, 1.82) is 0 Å². The Morgan fingerprint density at radius 3 is 3.16 bits per heavy atom. The van der Waals surface area contributed by atoms with Crippen LogP contribution in [0, 0.1) is 5.41 Å². The van der Waals surface area contributed by atoms with E-state index in [9.17, 15) is 0 Å². The van der Waals surface area contributed by atoms with Crippen molar-refractivity contribution in [2.45, 2.75) is 31.9 Å². The summed E-state index contributed by atoms with van der Waals surface area (Å²) in [7, 11) is 1.97. The molecule has 0 N–H and O–H groups in total. The van der Waals surface area contributed by atoms with E-state index in [0.717, 1.165) is 51.3 Å². The first-order chi connectivity index (χ1) is 12.2. The van der Waals surface area contributed by atoms with E-state index in [0.29, 0.717) is 12.7 Å². The molecule has 4 heterocycles. The summed E-state index contributed by atoms with van der Waals surface area (Å²) >= 11 is 0. The summed E-state index contributed by atoms with van der Waals surface area (Å²) in [5.41, 5.74) is 1.33. The second-order valence-corrected chi connectivity index (χ2v) is 7.32. The monoisotopic (exact) mass is 342 g/mol. The van der Waals surface area contributed by atoms with Crippen molar-refractivity contribution in [3.05, 3.63) is 42.5 Å². The maximum Gasteiger partial charge on any atom is 0.137 e. The number of fused-ring (bicyclic) bond motifs is 1. The van der Waals surface area contributed by atoms with Crippen LogP contribution in [0.1, 0.15) is 24.8 Å². The Bertz CT molecular complexity index is 690. The van der Waals surface area contributed by atoms with Crippen LogP contribution in [-0.4, -0.2) is 52.1 Å². The number of nitrogens with zero attached hydrogens (tertiary/aromatic N) is 4. The van der Waals surface area contributed by atoms with E-state index >= 15 is 0 Å². The van der Waals surface area contributed by atoms with Gasteiger partial charge in [-0.05, 0) is 31.4 Å². The van der Waals surface area contributed by atoms with Gasteiger partial charge in [-0.25, -0.2) is 0 Å². The molecule has 2 aromatic heterocycles. The van der Waals surface area contributed by atoms with E-state index in [1.807, 2.05) is 30.1 Å². The highest BCUT2D eigenvalue weighted by atomic mass is 16.5. The normalized spacial score (nSPS) is 27.0. The Morgan fingerprint density at radius 1 is 1.40 bits per heavy atom. The molecule has 2 aliphatic rings. The van der Waals surface area contributed by atoms with E-state index in [-0.39, 0.29) is 5.41 Å². The van der Waals surface area contributed by atoms with Crippen molar-refractivity contribution in [3.63, 3.8) is 0 Å². The molecule has 25 heavy (non-hydrogen) atoms. The Labute approximate surface area is 148 Å². The fraction of sp³-hybridized carbons (Fsp3) is 0.579. The van der Waals surface area contributed by atoms with Gasteiger partial charge in [0.05, 0.1) is 25.1 Å². The van der Waals surface area contributed by atoms with Crippen LogP contribution in [0.3, 0.4) is 0 Å². The molecule has 6 nitrogen and oxygen atoms in total. The second-order valence-electron chi connectivity index (χ2n) is 7.32. The molecule has 2 fully saturated rings. The van der Waals surface area contributed by atoms with Crippen LogP contribution in [0.25, 0.3) is 0 Å². The lowest BCUT2D eigenvalue weighted by Gasteiger charge is -2.50. The maximum absolute atomic E-state index is 6.14. The second kappa shape index (κ2) is 7.14. The molecule has 0 radical (unpaired) electrons. The van der Waals surface area contributed by atoms with Crippen LogP contribution >= 0.6 is 0 Å². The standard InChI is InChI=1S/C19H26N4O2/c1-22-12-16(10-21-22)13-23-8-5-18-19(14-23,6-3-9-24-18)15-25-17-4-2-7-20-11-17/h2,4,7,10-12,18H,3,5-6,8-9,13-15H2,1H3/t18-,19+/m1/s1. The van der Waals surface area contributed by atoms with Crippen LogP contribution in [0.2, 0.25) is 0 Å². The summed E-state index contributed by atoms with van der Waals surface area (Å²) in [6.45, 7) is 4.57. The third-order valence-electron chi connectivity index (χ3n) is 5.39. The molecule has 0 bridgehead atoms. The molecule has 0 aliphatic carbocycles. The van der Waals surface area contributed by atoms with E-state index in [1.54, 1.807) is 12.4 Å². The minimum Gasteiger partial charge on any atom is -0.491 e. The lowest BCUT2D eigenvalue weighted by Crippen LogP contribution is -2.57. The highest BCUT2D eigenvalue weighted by molar-refractivity contribution is 5.16. The van der Waals surface area contributed by atoms with Crippen LogP contribution in [0.4, 0.5) is 0 Å². The van der Waals surface area contributed by atoms with Crippen molar-refractivity contribution in [3.8, 4) is 5.75 Å². The number of hydrogen-bond acceptors (Lipinski definition) is 5. The van der Waals surface area contributed by atoms with Gasteiger partial charge >= 0.3 is 0 Å². The average molecular weight is 342 g/mol. The fourth-order valence-electron chi connectivity index (χ4n) is 4.20. The molecule has 134 valence electrons. The molecule has 0 aromatic carbocycles. The summed E-state index contributed by atoms with van der Waals surface area (Å²) in [6.07, 6.45) is 11.2. The van der Waals surface area contributed by atoms with Gasteiger partial charge in [0.25, 0.3) is 0 Å². The van der Waals surface area contributed by atoms with Gasteiger partial charge in [0, 0.05) is 56.7 Å². The van der Waals surface area contributed by atoms with Gasteiger partial charge in [-0.15, -0.1) is 0 Å². The average Bonchev–Trinajstić information content (AvgIpc) is 3.05. The molecule has 0 amide bonds. The molecule has 0 saturated carbocycles. The van der Waals surface area contributed by atoms with Gasteiger partial charge in [0.1, 0.15) is 5.75 Å². The molecular weight excluding hydrogens is 316 g/mol. The van der Waals surface area contributed by atoms with Gasteiger partial charge in [-0.1, -0.05) is 0 Å². The molecule has 2 atom stereocenters. The lowest BCUT2D eigenvalue weighted by molar-refractivity contribution is -0.140. The van der Waals surface area contributed by atoms with Gasteiger partial charge < -0.3 is 9.47 Å². The van der Waals surface area contributed by atoms with Gasteiger partial charge in [-0.3, -0.25) is 14.6 Å². The number of likely N-dealkylation sites (tertiary alicyclic amines) is 1. The van der Waals surface area contributed by atoms with Gasteiger partial charge in [0.15, 0.2) is 0 Å². The highest BCUT2D eigenvalue weighted by Gasteiger charge is 2.46. The zero-order valence-electron chi connectivity index (χ0n) is 14.8. The minimum absolute atomic E-state index is 0.0640. The van der Waals surface area contributed by atoms with Gasteiger partial charge in [0.2, 0.25) is 0 Å². The van der Waals surface area contributed by atoms with Crippen molar-refractivity contribution in [2.24, 2.45) is 12.5 Å². The number of hydrogen-bond donors (Lipinski definition) is 0. The van der Waals surface area contributed by atoms with Crippen molar-refractivity contribution in [2.75, 3.05) is 26.3 Å². The SMILES string of the molecule is Cn1cc(CN2CC[C@H]3OCCC[C@@]3(COc3cccnc3)C2)cn1. The Morgan fingerprint density at radius 2 is 2.36 bits per heavy atom. The van der Waals surface area contributed by atoms with Crippen LogP contribution in [-0.2, 0) is 18.3 Å². The van der Waals surface area contributed by atoms with E-state index in [2.05, 4.69) is 21.2 Å². The summed E-state index contributed by atoms with van der Waals surface area (Å²) in [5, 5.41) is 4.29. The topological polar surface area (TPSA) is 52.4 Å². The molecule has 0 unspecified atom stereocenters. The molecule has 2 saturated heterocycles. The van der Waals surface area contributed by atoms with Gasteiger partial charge in [-0.2, -0.15) is 5.10 Å². The largest absolute Gasteiger partial charge is 0.491 e. The number of piperidine rings is 1. The Hall–Kier alpha value is -1.92. The smallest absolute Gasteiger partial charge is 0.137 e. The fourth-order valence-corrected chi connectivity index (χ4v) is 4.20. The number of pyridine rings is 1. The lowest BCUT2D eigenvalue weighted by atomic mass is 9.73. The molecule has 6 heteroatoms.